The molecule has 2 aromatic heterocycles. The number of fused-ring (bicyclic) bond motifs is 1. The predicted molar refractivity (Wildman–Crippen MR) is 142 cm³/mol. The van der Waals surface area contributed by atoms with Gasteiger partial charge >= 0.3 is 0 Å². The first-order chi connectivity index (χ1) is 17.8. The molecule has 0 saturated carbocycles. The number of nitriles is 1. The van der Waals surface area contributed by atoms with Crippen molar-refractivity contribution in [2.45, 2.75) is 19.4 Å². The summed E-state index contributed by atoms with van der Waals surface area (Å²) in [6.07, 6.45) is 3.34. The van der Waals surface area contributed by atoms with Gasteiger partial charge in [0, 0.05) is 35.8 Å². The third-order valence-corrected chi connectivity index (χ3v) is 6.65. The number of aliphatic hydroxyl groups is 1. The van der Waals surface area contributed by atoms with Crippen LogP contribution in [0.1, 0.15) is 25.0 Å². The molecule has 4 aromatic rings. The molecule has 1 saturated heterocycles. The van der Waals surface area contributed by atoms with Crippen LogP contribution >= 0.6 is 0 Å². The normalized spacial score (nSPS) is 14.1. The van der Waals surface area contributed by atoms with Crippen LogP contribution in [-0.4, -0.2) is 47.7 Å². The largest absolute Gasteiger partial charge is 0.494 e. The van der Waals surface area contributed by atoms with Gasteiger partial charge in [-0.2, -0.15) is 5.26 Å². The number of ether oxygens (including phenoxy) is 1. The van der Waals surface area contributed by atoms with Gasteiger partial charge in [0.15, 0.2) is 5.75 Å². The van der Waals surface area contributed by atoms with E-state index in [-0.39, 0.29) is 12.5 Å². The van der Waals surface area contributed by atoms with E-state index in [0.29, 0.717) is 41.5 Å². The van der Waals surface area contributed by atoms with Crippen molar-refractivity contribution in [2.24, 2.45) is 0 Å². The lowest BCUT2D eigenvalue weighted by molar-refractivity contribution is -0.117. The average molecular weight is 494 g/mol. The molecule has 3 heterocycles. The van der Waals surface area contributed by atoms with Gasteiger partial charge < -0.3 is 19.6 Å². The van der Waals surface area contributed by atoms with E-state index >= 15 is 0 Å². The average Bonchev–Trinajstić information content (AvgIpc) is 2.91. The van der Waals surface area contributed by atoms with Crippen LogP contribution in [0.2, 0.25) is 0 Å². The van der Waals surface area contributed by atoms with E-state index in [1.165, 1.54) is 0 Å². The van der Waals surface area contributed by atoms with E-state index in [2.05, 4.69) is 11.1 Å². The van der Waals surface area contributed by atoms with Crippen LogP contribution in [0.3, 0.4) is 0 Å². The maximum absolute atomic E-state index is 13.3. The van der Waals surface area contributed by atoms with Gasteiger partial charge in [0.05, 0.1) is 42.6 Å². The monoisotopic (exact) mass is 493 g/mol. The Bertz CT molecular complexity index is 1500. The Balaban J connectivity index is 1.44. The number of anilines is 2. The molecule has 37 heavy (non-hydrogen) atoms. The van der Waals surface area contributed by atoms with Gasteiger partial charge in [0.25, 0.3) is 0 Å². The van der Waals surface area contributed by atoms with E-state index in [0.717, 1.165) is 22.0 Å². The molecule has 1 aliphatic heterocycles. The first kappa shape index (κ1) is 24.2. The number of hydrogen-bond acceptors (Lipinski definition) is 7. The summed E-state index contributed by atoms with van der Waals surface area (Å²) in [7, 11) is 1.60. The molecule has 2 aromatic carbocycles. The van der Waals surface area contributed by atoms with Gasteiger partial charge in [-0.1, -0.05) is 30.3 Å². The number of hydrogen-bond donors (Lipinski definition) is 1. The van der Waals surface area contributed by atoms with Crippen LogP contribution in [0.5, 0.6) is 5.75 Å². The Labute approximate surface area is 215 Å². The smallest absolute Gasteiger partial charge is 0.246 e. The molecule has 1 amide bonds. The van der Waals surface area contributed by atoms with Gasteiger partial charge in [0.2, 0.25) is 5.91 Å². The fourth-order valence-electron chi connectivity index (χ4n) is 4.61. The molecule has 186 valence electrons. The molecule has 8 nitrogen and oxygen atoms in total. The number of nitrogens with zero attached hydrogens (tertiary/aromatic N) is 5. The Morgan fingerprint density at radius 1 is 1.03 bits per heavy atom. The molecule has 1 fully saturated rings. The minimum atomic E-state index is -0.973. The number of rotatable bonds is 5. The molecule has 5 rings (SSSR count). The summed E-state index contributed by atoms with van der Waals surface area (Å²) >= 11 is 0. The number of piperazine rings is 1. The number of carbonyl (C=O) groups is 1. The van der Waals surface area contributed by atoms with Crippen LogP contribution in [0, 0.1) is 11.3 Å². The van der Waals surface area contributed by atoms with Crippen LogP contribution in [-0.2, 0) is 10.4 Å². The Hall–Kier alpha value is -4.48. The molecule has 1 N–H and O–H groups in total. The first-order valence-electron chi connectivity index (χ1n) is 12.0. The minimum Gasteiger partial charge on any atom is -0.494 e. The van der Waals surface area contributed by atoms with E-state index in [4.69, 9.17) is 15.0 Å². The van der Waals surface area contributed by atoms with E-state index in [9.17, 15) is 9.90 Å². The van der Waals surface area contributed by atoms with Gasteiger partial charge in [-0.15, -0.1) is 0 Å². The molecule has 0 spiro atoms. The quantitative estimate of drug-likeness (QED) is 0.443. The van der Waals surface area contributed by atoms with Crippen molar-refractivity contribution < 1.29 is 14.6 Å². The molecule has 0 radical (unpaired) electrons. The SMILES string of the molecule is COc1c(N2CCN(c3ccc(C(C)(C)O)cn3)CC2=O)cnc2c(-c3ccc(C#N)cc3)cccc12. The third-order valence-electron chi connectivity index (χ3n) is 6.65. The number of amides is 1. The van der Waals surface area contributed by atoms with Gasteiger partial charge in [-0.25, -0.2) is 4.98 Å². The van der Waals surface area contributed by atoms with Crippen LogP contribution in [0.15, 0.2) is 67.0 Å². The zero-order valence-electron chi connectivity index (χ0n) is 21.0. The summed E-state index contributed by atoms with van der Waals surface area (Å²) in [5.41, 5.74) is 3.59. The van der Waals surface area contributed by atoms with Crippen LogP contribution in [0.4, 0.5) is 11.5 Å². The highest BCUT2D eigenvalue weighted by molar-refractivity contribution is 6.04. The summed E-state index contributed by atoms with van der Waals surface area (Å²) in [4.78, 5) is 26.1. The molecule has 0 aliphatic carbocycles. The number of carbonyl (C=O) groups excluding carboxylic acids is 1. The van der Waals surface area contributed by atoms with Crippen molar-refractivity contribution in [2.75, 3.05) is 36.5 Å². The van der Waals surface area contributed by atoms with Crippen molar-refractivity contribution in [3.63, 3.8) is 0 Å². The van der Waals surface area contributed by atoms with Crippen molar-refractivity contribution in [1.29, 1.82) is 5.26 Å². The molecule has 8 heteroatoms. The zero-order chi connectivity index (χ0) is 26.2. The maximum Gasteiger partial charge on any atom is 0.246 e. The summed E-state index contributed by atoms with van der Waals surface area (Å²) in [5.74, 6) is 1.20. The summed E-state index contributed by atoms with van der Waals surface area (Å²) in [6.45, 7) is 4.63. The topological polar surface area (TPSA) is 103 Å². The fraction of sp³-hybridized carbons (Fsp3) is 0.241. The van der Waals surface area contributed by atoms with E-state index in [1.54, 1.807) is 50.4 Å². The molecular weight excluding hydrogens is 466 g/mol. The van der Waals surface area contributed by atoms with Crippen LogP contribution in [0.25, 0.3) is 22.0 Å². The highest BCUT2D eigenvalue weighted by atomic mass is 16.5. The van der Waals surface area contributed by atoms with Gasteiger partial charge in [-0.05, 0) is 43.7 Å². The molecule has 0 atom stereocenters. The lowest BCUT2D eigenvalue weighted by atomic mass is 10.00. The van der Waals surface area contributed by atoms with Crippen molar-refractivity contribution in [1.82, 2.24) is 9.97 Å². The second-order valence-electron chi connectivity index (χ2n) is 9.50. The Kier molecular flexibility index (Phi) is 6.24. The minimum absolute atomic E-state index is 0.0812. The Morgan fingerprint density at radius 2 is 1.81 bits per heavy atom. The molecular formula is C29H27N5O3. The van der Waals surface area contributed by atoms with Gasteiger partial charge in [-0.3, -0.25) is 9.78 Å². The number of methoxy groups -OCH3 is 1. The number of para-hydroxylation sites is 1. The second-order valence-corrected chi connectivity index (χ2v) is 9.50. The van der Waals surface area contributed by atoms with Gasteiger partial charge in [0.1, 0.15) is 11.5 Å². The number of pyridine rings is 2. The lowest BCUT2D eigenvalue weighted by Gasteiger charge is -2.35. The van der Waals surface area contributed by atoms with E-state index in [1.807, 2.05) is 47.4 Å². The highest BCUT2D eigenvalue weighted by Crippen LogP contribution is 2.39. The molecule has 0 unspecified atom stereocenters. The number of aromatic nitrogens is 2. The number of benzene rings is 2. The van der Waals surface area contributed by atoms with Crippen LogP contribution < -0.4 is 14.5 Å². The summed E-state index contributed by atoms with van der Waals surface area (Å²) in [6, 6.07) is 19.0. The Morgan fingerprint density at radius 3 is 2.43 bits per heavy atom. The third kappa shape index (κ3) is 4.57. The standard InChI is InChI=1S/C29H27N5O3/c1-29(2,36)21-11-12-25(31-16-21)33-13-14-34(26(35)18-33)24-17-32-27-22(5-4-6-23(27)28(24)37-3)20-9-7-19(15-30)8-10-20/h4-12,16-17,36H,13-14,18H2,1-3H3. The zero-order valence-corrected chi connectivity index (χ0v) is 21.0. The predicted octanol–water partition coefficient (Wildman–Crippen LogP) is 4.26. The van der Waals surface area contributed by atoms with Crippen molar-refractivity contribution in [3.8, 4) is 22.9 Å². The summed E-state index contributed by atoms with van der Waals surface area (Å²) < 4.78 is 5.82. The molecule has 0 bridgehead atoms. The maximum atomic E-state index is 13.3. The van der Waals surface area contributed by atoms with Crippen molar-refractivity contribution >= 4 is 28.3 Å². The fourth-order valence-corrected chi connectivity index (χ4v) is 4.61. The van der Waals surface area contributed by atoms with E-state index < -0.39 is 5.60 Å². The molecule has 1 aliphatic rings. The lowest BCUT2D eigenvalue weighted by Crippen LogP contribution is -2.51. The van der Waals surface area contributed by atoms with Crippen molar-refractivity contribution in [3.05, 3.63) is 78.1 Å². The first-order valence-corrected chi connectivity index (χ1v) is 12.0. The second kappa shape index (κ2) is 9.52. The highest BCUT2D eigenvalue weighted by Gasteiger charge is 2.29. The summed E-state index contributed by atoms with van der Waals surface area (Å²) in [5, 5.41) is 20.1.